The second-order valence-electron chi connectivity index (χ2n) is 4.69. The van der Waals surface area contributed by atoms with Crippen molar-refractivity contribution in [3.05, 3.63) is 0 Å². The maximum absolute atomic E-state index is 10.7. The first-order valence-corrected chi connectivity index (χ1v) is 10.3. The minimum atomic E-state index is -3.33. The monoisotopic (exact) mass is 349 g/mol. The summed E-state index contributed by atoms with van der Waals surface area (Å²) >= 11 is 0. The van der Waals surface area contributed by atoms with Gasteiger partial charge in [0.15, 0.2) is 0 Å². The molecule has 0 bridgehead atoms. The zero-order chi connectivity index (χ0) is 15.2. The van der Waals surface area contributed by atoms with Gasteiger partial charge in [-0.1, -0.05) is 0 Å². The Morgan fingerprint density at radius 2 is 1.15 bits per heavy atom. The molecule has 0 amide bonds. The van der Waals surface area contributed by atoms with Gasteiger partial charge in [0.1, 0.15) is 0 Å². The van der Waals surface area contributed by atoms with Crippen molar-refractivity contribution >= 4 is 29.8 Å². The van der Waals surface area contributed by atoms with Crippen molar-refractivity contribution < 1.29 is 26.3 Å². The van der Waals surface area contributed by atoms with Crippen LogP contribution in [0.1, 0.15) is 25.7 Å². The molecule has 2 rings (SSSR count). The van der Waals surface area contributed by atoms with Crippen LogP contribution in [-0.4, -0.2) is 53.8 Å². The van der Waals surface area contributed by atoms with Gasteiger partial charge in [0.2, 0.25) is 19.1 Å². The van der Waals surface area contributed by atoms with Crippen LogP contribution in [0.3, 0.4) is 0 Å². The molecule has 0 aromatic heterocycles. The fourth-order valence-corrected chi connectivity index (χ4v) is 4.10. The molecule has 0 atom stereocenters. The molecule has 0 aliphatic carbocycles. The first-order chi connectivity index (χ1) is 9.21. The third kappa shape index (κ3) is 6.68. The van der Waals surface area contributed by atoms with Gasteiger partial charge in [-0.2, -0.15) is 0 Å². The summed E-state index contributed by atoms with van der Waals surface area (Å²) in [7, 11) is -1.51. The lowest BCUT2D eigenvalue weighted by molar-refractivity contribution is 0.0983. The minimum absolute atomic E-state index is 0.374. The molecule has 0 radical (unpaired) electrons. The molecule has 2 N–H and O–H groups in total. The minimum Gasteiger partial charge on any atom is -0.381 e. The molecule has 2 fully saturated rings. The molecule has 0 unspecified atom stereocenters. The highest BCUT2D eigenvalue weighted by Crippen LogP contribution is 2.18. The van der Waals surface area contributed by atoms with Crippen LogP contribution in [0.25, 0.3) is 0 Å². The van der Waals surface area contributed by atoms with Crippen molar-refractivity contribution in [2.45, 2.75) is 36.2 Å². The van der Waals surface area contributed by atoms with Crippen LogP contribution < -0.4 is 5.14 Å². The Bertz CT molecular complexity index is 434. The number of nitrogens with two attached hydrogens (primary N) is 1. The van der Waals surface area contributed by atoms with Crippen molar-refractivity contribution in [1.29, 1.82) is 0 Å². The number of halogens is 1. The van der Waals surface area contributed by atoms with Crippen LogP contribution in [0, 0.1) is 0 Å². The first-order valence-electron chi connectivity index (χ1n) is 6.32. The molecule has 0 aromatic rings. The Kier molecular flexibility index (Phi) is 7.16. The smallest absolute Gasteiger partial charge is 0.235 e. The Morgan fingerprint density at radius 1 is 0.800 bits per heavy atom. The van der Waals surface area contributed by atoms with E-state index in [2.05, 4.69) is 0 Å². The van der Waals surface area contributed by atoms with Crippen LogP contribution in [0.4, 0.5) is 0 Å². The van der Waals surface area contributed by atoms with E-state index in [0.717, 1.165) is 0 Å². The van der Waals surface area contributed by atoms with Gasteiger partial charge in [0.05, 0.1) is 10.5 Å². The van der Waals surface area contributed by atoms with E-state index < -0.39 is 19.1 Å². The van der Waals surface area contributed by atoms with E-state index in [-0.39, 0.29) is 10.5 Å². The average Bonchev–Trinajstić information content (AvgIpc) is 2.40. The molecule has 10 heteroatoms. The van der Waals surface area contributed by atoms with E-state index in [9.17, 15) is 16.8 Å². The molecule has 7 nitrogen and oxygen atoms in total. The summed E-state index contributed by atoms with van der Waals surface area (Å²) in [4.78, 5) is 0. The maximum atomic E-state index is 10.7. The molecule has 0 saturated carbocycles. The summed E-state index contributed by atoms with van der Waals surface area (Å²) < 4.78 is 52.8. The summed E-state index contributed by atoms with van der Waals surface area (Å²) in [6, 6.07) is 0. The predicted octanol–water partition coefficient (Wildman–Crippen LogP) is 0.188. The van der Waals surface area contributed by atoms with Crippen LogP contribution in [-0.2, 0) is 28.5 Å². The van der Waals surface area contributed by atoms with Gasteiger partial charge in [0.25, 0.3) is 0 Å². The van der Waals surface area contributed by atoms with E-state index in [4.69, 9.17) is 25.3 Å². The lowest BCUT2D eigenvalue weighted by atomic mass is 10.2. The summed E-state index contributed by atoms with van der Waals surface area (Å²) in [5.41, 5.74) is 0. The fraction of sp³-hybridized carbons (Fsp3) is 1.00. The number of hydrogen-bond acceptors (Lipinski definition) is 6. The molecular formula is C10H20ClNO6S2. The van der Waals surface area contributed by atoms with E-state index in [1.54, 1.807) is 0 Å². The molecule has 2 aliphatic rings. The molecule has 2 heterocycles. The van der Waals surface area contributed by atoms with Crippen molar-refractivity contribution in [3.63, 3.8) is 0 Å². The molecule has 0 spiro atoms. The maximum Gasteiger partial charge on any atom is 0.235 e. The lowest BCUT2D eigenvalue weighted by Gasteiger charge is -2.19. The molecule has 20 heavy (non-hydrogen) atoms. The predicted molar refractivity (Wildman–Crippen MR) is 75.6 cm³/mol. The highest BCUT2D eigenvalue weighted by Gasteiger charge is 2.25. The SMILES string of the molecule is NS(=O)(=O)C1CCOCC1.O=S(=O)(Cl)C1CCOCC1. The largest absolute Gasteiger partial charge is 0.381 e. The molecule has 2 aliphatic heterocycles. The Balaban J connectivity index is 0.000000200. The van der Waals surface area contributed by atoms with E-state index >= 15 is 0 Å². The van der Waals surface area contributed by atoms with Gasteiger partial charge < -0.3 is 9.47 Å². The Labute approximate surface area is 124 Å². The third-order valence-electron chi connectivity index (χ3n) is 3.20. The fourth-order valence-electron chi connectivity index (χ4n) is 1.96. The average molecular weight is 350 g/mol. The van der Waals surface area contributed by atoms with Crippen molar-refractivity contribution in [1.82, 2.24) is 0 Å². The normalized spacial score (nSPS) is 22.9. The van der Waals surface area contributed by atoms with Crippen molar-refractivity contribution in [2.75, 3.05) is 26.4 Å². The number of sulfonamides is 1. The Morgan fingerprint density at radius 3 is 1.35 bits per heavy atom. The van der Waals surface area contributed by atoms with Crippen LogP contribution >= 0.6 is 10.7 Å². The molecular weight excluding hydrogens is 330 g/mol. The van der Waals surface area contributed by atoms with Gasteiger partial charge in [-0.15, -0.1) is 0 Å². The third-order valence-corrected chi connectivity index (χ3v) is 6.62. The second kappa shape index (κ2) is 7.90. The summed E-state index contributed by atoms with van der Waals surface area (Å²) in [6.07, 6.45) is 2.15. The number of primary sulfonamides is 1. The standard InChI is InChI=1S/C5H9ClO3S.C5H11NO3S/c2*6-10(7,8)5-1-3-9-4-2-5/h5H,1-4H2;5H,1-4H2,(H2,6,7,8). The number of ether oxygens (including phenoxy) is 2. The van der Waals surface area contributed by atoms with Gasteiger partial charge in [0, 0.05) is 37.1 Å². The summed E-state index contributed by atoms with van der Waals surface area (Å²) in [6.45, 7) is 2.05. The van der Waals surface area contributed by atoms with Crippen molar-refractivity contribution in [2.24, 2.45) is 5.14 Å². The van der Waals surface area contributed by atoms with Crippen LogP contribution in [0.15, 0.2) is 0 Å². The number of hydrogen-bond donors (Lipinski definition) is 1. The topological polar surface area (TPSA) is 113 Å². The van der Waals surface area contributed by atoms with Crippen LogP contribution in [0.2, 0.25) is 0 Å². The van der Waals surface area contributed by atoms with Gasteiger partial charge >= 0.3 is 0 Å². The molecule has 0 aromatic carbocycles. The van der Waals surface area contributed by atoms with E-state index in [1.165, 1.54) is 0 Å². The lowest BCUT2D eigenvalue weighted by Crippen LogP contribution is -2.33. The van der Waals surface area contributed by atoms with Gasteiger partial charge in [-0.25, -0.2) is 22.0 Å². The zero-order valence-electron chi connectivity index (χ0n) is 11.0. The van der Waals surface area contributed by atoms with Crippen molar-refractivity contribution in [3.8, 4) is 0 Å². The van der Waals surface area contributed by atoms with E-state index in [1.807, 2.05) is 0 Å². The number of rotatable bonds is 2. The van der Waals surface area contributed by atoms with Gasteiger partial charge in [-0.05, 0) is 25.7 Å². The first kappa shape index (κ1) is 18.1. The zero-order valence-corrected chi connectivity index (χ0v) is 13.4. The highest BCUT2D eigenvalue weighted by molar-refractivity contribution is 8.14. The summed E-state index contributed by atoms with van der Waals surface area (Å²) in [5.74, 6) is 0. The molecule has 2 saturated heterocycles. The Hall–Kier alpha value is 0.0700. The van der Waals surface area contributed by atoms with Crippen LogP contribution in [0.5, 0.6) is 0 Å². The van der Waals surface area contributed by atoms with Gasteiger partial charge in [-0.3, -0.25) is 0 Å². The summed E-state index contributed by atoms with van der Waals surface area (Å²) in [5, 5.41) is 4.17. The highest BCUT2D eigenvalue weighted by atomic mass is 35.7. The van der Waals surface area contributed by atoms with E-state index in [0.29, 0.717) is 52.1 Å². The molecule has 120 valence electrons. The quantitative estimate of drug-likeness (QED) is 0.712. The second-order valence-corrected chi connectivity index (χ2v) is 9.44.